The van der Waals surface area contributed by atoms with Gasteiger partial charge in [0, 0.05) is 13.1 Å². The van der Waals surface area contributed by atoms with E-state index in [4.69, 9.17) is 4.74 Å². The van der Waals surface area contributed by atoms with Gasteiger partial charge >= 0.3 is 0 Å². The lowest BCUT2D eigenvalue weighted by Gasteiger charge is -2.42. The molecule has 0 aromatic heterocycles. The monoisotopic (exact) mass is 303 g/mol. The van der Waals surface area contributed by atoms with Crippen molar-refractivity contribution in [3.8, 4) is 0 Å². The lowest BCUT2D eigenvalue weighted by atomic mass is 10.2. The normalized spacial score (nSPS) is 18.5. The van der Waals surface area contributed by atoms with E-state index in [0.29, 0.717) is 23.9 Å². The molecule has 0 saturated carbocycles. The Balaban J connectivity index is 1.47. The Bertz CT molecular complexity index is 543. The summed E-state index contributed by atoms with van der Waals surface area (Å²) in [6.07, 6.45) is 0.945. The van der Waals surface area contributed by atoms with Crippen molar-refractivity contribution >= 4 is 17.3 Å². The Hall–Kier alpha value is -1.83. The van der Waals surface area contributed by atoms with Crippen molar-refractivity contribution in [2.24, 2.45) is 5.10 Å². The zero-order valence-electron chi connectivity index (χ0n) is 12.8. The number of hydrogen-bond acceptors (Lipinski definition) is 5. The molecule has 0 atom stereocenters. The summed E-state index contributed by atoms with van der Waals surface area (Å²) in [6, 6.07) is 5.63. The third-order valence-electron chi connectivity index (χ3n) is 3.74. The summed E-state index contributed by atoms with van der Waals surface area (Å²) in [7, 11) is 0. The summed E-state index contributed by atoms with van der Waals surface area (Å²) in [5, 5.41) is 23.5. The van der Waals surface area contributed by atoms with Gasteiger partial charge < -0.3 is 20.5 Å². The van der Waals surface area contributed by atoms with Crippen LogP contribution in [0.2, 0.25) is 0 Å². The SMILES string of the molecule is Cc1ccc2c(c1)[N-]C([N-]CCCN1CCOCC1)=NN2O. The van der Waals surface area contributed by atoms with Gasteiger partial charge in [0.2, 0.25) is 0 Å². The number of nitrogens with zero attached hydrogens (tertiary/aromatic N) is 5. The van der Waals surface area contributed by atoms with Crippen molar-refractivity contribution in [1.82, 2.24) is 4.90 Å². The minimum atomic E-state index is 0.322. The summed E-state index contributed by atoms with van der Waals surface area (Å²) in [4.78, 5) is 2.37. The van der Waals surface area contributed by atoms with Gasteiger partial charge in [0.1, 0.15) is 0 Å². The fraction of sp³-hybridized carbons (Fsp3) is 0.533. The molecule has 0 spiro atoms. The number of aryl methyl sites for hydroxylation is 1. The summed E-state index contributed by atoms with van der Waals surface area (Å²) in [5.41, 5.74) is 2.37. The molecule has 1 saturated heterocycles. The largest absolute Gasteiger partial charge is 0.551 e. The van der Waals surface area contributed by atoms with Gasteiger partial charge in [-0.3, -0.25) is 15.3 Å². The molecule has 0 aliphatic carbocycles. The van der Waals surface area contributed by atoms with Crippen molar-refractivity contribution in [3.63, 3.8) is 0 Å². The molecular weight excluding hydrogens is 282 g/mol. The number of rotatable bonds is 4. The van der Waals surface area contributed by atoms with E-state index >= 15 is 0 Å². The smallest absolute Gasteiger partial charge is 0.0594 e. The molecule has 3 rings (SSSR count). The molecule has 1 fully saturated rings. The summed E-state index contributed by atoms with van der Waals surface area (Å²) in [6.45, 7) is 7.24. The van der Waals surface area contributed by atoms with Gasteiger partial charge in [0.05, 0.1) is 18.9 Å². The van der Waals surface area contributed by atoms with Gasteiger partial charge in [-0.2, -0.15) is 5.96 Å². The topological polar surface area (TPSA) is 76.5 Å². The lowest BCUT2D eigenvalue weighted by Crippen LogP contribution is -2.37. The van der Waals surface area contributed by atoms with E-state index in [9.17, 15) is 5.21 Å². The number of morpholine rings is 1. The first-order valence-electron chi connectivity index (χ1n) is 7.60. The van der Waals surface area contributed by atoms with Gasteiger partial charge in [0.15, 0.2) is 0 Å². The van der Waals surface area contributed by atoms with Crippen molar-refractivity contribution in [1.29, 1.82) is 0 Å². The maximum absolute atomic E-state index is 9.89. The third kappa shape index (κ3) is 3.68. The average molecular weight is 303 g/mol. The first-order valence-corrected chi connectivity index (χ1v) is 7.60. The van der Waals surface area contributed by atoms with E-state index in [-0.39, 0.29) is 0 Å². The van der Waals surface area contributed by atoms with Crippen LogP contribution in [0.3, 0.4) is 0 Å². The molecule has 0 unspecified atom stereocenters. The molecule has 120 valence electrons. The molecule has 7 nitrogen and oxygen atoms in total. The van der Waals surface area contributed by atoms with Crippen molar-refractivity contribution in [3.05, 3.63) is 34.4 Å². The van der Waals surface area contributed by atoms with Crippen LogP contribution in [-0.2, 0) is 4.74 Å². The van der Waals surface area contributed by atoms with E-state index in [1.165, 1.54) is 0 Å². The summed E-state index contributed by atoms with van der Waals surface area (Å²) in [5.74, 6) is 0.322. The number of guanidine groups is 1. The minimum absolute atomic E-state index is 0.322. The van der Waals surface area contributed by atoms with Crippen molar-refractivity contribution < 1.29 is 9.94 Å². The van der Waals surface area contributed by atoms with Crippen LogP contribution in [0.4, 0.5) is 11.4 Å². The zero-order chi connectivity index (χ0) is 15.4. The van der Waals surface area contributed by atoms with Crippen LogP contribution in [0.15, 0.2) is 23.3 Å². The maximum Gasteiger partial charge on any atom is 0.0594 e. The molecule has 1 aromatic rings. The highest BCUT2D eigenvalue weighted by molar-refractivity contribution is 6.11. The van der Waals surface area contributed by atoms with Crippen LogP contribution in [0.25, 0.3) is 10.6 Å². The van der Waals surface area contributed by atoms with Gasteiger partial charge in [0.25, 0.3) is 0 Å². The van der Waals surface area contributed by atoms with Crippen molar-refractivity contribution in [2.75, 3.05) is 44.6 Å². The predicted molar refractivity (Wildman–Crippen MR) is 86.0 cm³/mol. The van der Waals surface area contributed by atoms with E-state index in [2.05, 4.69) is 20.6 Å². The average Bonchev–Trinajstić information content (AvgIpc) is 2.52. The third-order valence-corrected chi connectivity index (χ3v) is 3.74. The predicted octanol–water partition coefficient (Wildman–Crippen LogP) is 2.58. The van der Waals surface area contributed by atoms with Crippen LogP contribution in [0.5, 0.6) is 0 Å². The Kier molecular flexibility index (Phi) is 4.77. The standard InChI is InChI=1S/C15H21N5O2/c1-12-3-4-14-13(11-12)17-15(18-20(14)21)16-5-2-6-19-7-9-22-10-8-19/h3-4,11,21H,2,5-10H2,1H3/q-2. The second-order valence-electron chi connectivity index (χ2n) is 5.48. The molecule has 0 amide bonds. The second kappa shape index (κ2) is 6.95. The molecule has 0 bridgehead atoms. The van der Waals surface area contributed by atoms with Gasteiger partial charge in [-0.05, 0) is 31.6 Å². The van der Waals surface area contributed by atoms with Gasteiger partial charge in [-0.25, -0.2) is 0 Å². The molecule has 2 heterocycles. The summed E-state index contributed by atoms with van der Waals surface area (Å²) >= 11 is 0. The van der Waals surface area contributed by atoms with Crippen LogP contribution in [0, 0.1) is 6.92 Å². The number of fused-ring (bicyclic) bond motifs is 1. The molecule has 1 N–H and O–H groups in total. The van der Waals surface area contributed by atoms with E-state index in [0.717, 1.165) is 50.0 Å². The number of ether oxygens (including phenoxy) is 1. The number of benzene rings is 1. The highest BCUT2D eigenvalue weighted by Crippen LogP contribution is 2.37. The van der Waals surface area contributed by atoms with Crippen LogP contribution in [0.1, 0.15) is 12.0 Å². The lowest BCUT2D eigenvalue weighted by molar-refractivity contribution is 0.0379. The van der Waals surface area contributed by atoms with E-state index in [1.807, 2.05) is 19.1 Å². The Morgan fingerprint density at radius 1 is 1.36 bits per heavy atom. The zero-order valence-corrected chi connectivity index (χ0v) is 12.8. The van der Waals surface area contributed by atoms with E-state index in [1.54, 1.807) is 6.07 Å². The minimum Gasteiger partial charge on any atom is -0.551 e. The van der Waals surface area contributed by atoms with Crippen LogP contribution < -0.4 is 5.17 Å². The molecule has 2 aliphatic rings. The molecule has 0 radical (unpaired) electrons. The Labute approximate surface area is 130 Å². The Morgan fingerprint density at radius 2 is 2.18 bits per heavy atom. The van der Waals surface area contributed by atoms with Gasteiger partial charge in [-0.1, -0.05) is 24.2 Å². The van der Waals surface area contributed by atoms with Crippen LogP contribution in [-0.4, -0.2) is 55.5 Å². The fourth-order valence-corrected chi connectivity index (χ4v) is 2.53. The number of hydrogen-bond donors (Lipinski definition) is 1. The first kappa shape index (κ1) is 15.1. The molecule has 7 heteroatoms. The second-order valence-corrected chi connectivity index (χ2v) is 5.48. The quantitative estimate of drug-likeness (QED) is 0.867. The van der Waals surface area contributed by atoms with Crippen molar-refractivity contribution in [2.45, 2.75) is 13.3 Å². The van der Waals surface area contributed by atoms with E-state index < -0.39 is 0 Å². The summed E-state index contributed by atoms with van der Waals surface area (Å²) < 4.78 is 5.32. The molecule has 2 aliphatic heterocycles. The Morgan fingerprint density at radius 3 is 3.00 bits per heavy atom. The number of anilines is 1. The fourth-order valence-electron chi connectivity index (χ4n) is 2.53. The maximum atomic E-state index is 9.89. The highest BCUT2D eigenvalue weighted by atomic mass is 16.5. The highest BCUT2D eigenvalue weighted by Gasteiger charge is 2.08. The van der Waals surface area contributed by atoms with Gasteiger partial charge in [-0.15, -0.1) is 0 Å². The van der Waals surface area contributed by atoms with Crippen LogP contribution >= 0.6 is 0 Å². The number of hydrazone groups is 1. The molecule has 22 heavy (non-hydrogen) atoms. The first-order chi connectivity index (χ1) is 10.7. The molecular formula is C15H21N5O2-2. The molecule has 1 aromatic carbocycles.